The number of anilines is 1. The second-order valence-corrected chi connectivity index (χ2v) is 6.98. The molecule has 0 saturated carbocycles. The van der Waals surface area contributed by atoms with E-state index in [0.717, 1.165) is 0 Å². The van der Waals surface area contributed by atoms with Crippen LogP contribution in [0.5, 0.6) is 5.75 Å². The lowest BCUT2D eigenvalue weighted by Gasteiger charge is -2.09. The Bertz CT molecular complexity index is 999. The van der Waals surface area contributed by atoms with E-state index in [1.54, 1.807) is 42.5 Å². The molecule has 28 heavy (non-hydrogen) atoms. The van der Waals surface area contributed by atoms with Gasteiger partial charge in [0.15, 0.2) is 16.8 Å². The number of amides is 1. The van der Waals surface area contributed by atoms with Gasteiger partial charge in [0, 0.05) is 17.8 Å². The molecule has 0 aliphatic carbocycles. The van der Waals surface area contributed by atoms with E-state index >= 15 is 0 Å². The predicted molar refractivity (Wildman–Crippen MR) is 109 cm³/mol. The van der Waals surface area contributed by atoms with Gasteiger partial charge in [-0.2, -0.15) is 0 Å². The van der Waals surface area contributed by atoms with Crippen LogP contribution in [0.3, 0.4) is 0 Å². The fraction of sp³-hybridized carbons (Fsp3) is 0.200. The van der Waals surface area contributed by atoms with Crippen LogP contribution in [0, 0.1) is 0 Å². The average molecular weight is 396 g/mol. The molecule has 0 atom stereocenters. The van der Waals surface area contributed by atoms with Crippen LogP contribution < -0.4 is 5.32 Å². The van der Waals surface area contributed by atoms with Crippen LogP contribution in [-0.4, -0.2) is 37.3 Å². The van der Waals surface area contributed by atoms with E-state index in [4.69, 9.17) is 0 Å². The number of thioether (sulfide) groups is 1. The van der Waals surface area contributed by atoms with E-state index in [1.807, 2.05) is 17.6 Å². The molecule has 2 aromatic carbocycles. The van der Waals surface area contributed by atoms with E-state index in [-0.39, 0.29) is 23.2 Å². The van der Waals surface area contributed by atoms with Gasteiger partial charge in [0.25, 0.3) is 0 Å². The van der Waals surface area contributed by atoms with E-state index < -0.39 is 0 Å². The maximum atomic E-state index is 12.2. The van der Waals surface area contributed by atoms with Crippen molar-refractivity contribution in [3.63, 3.8) is 0 Å². The first-order chi connectivity index (χ1) is 13.5. The van der Waals surface area contributed by atoms with Crippen molar-refractivity contribution in [1.82, 2.24) is 14.8 Å². The number of para-hydroxylation sites is 1. The minimum absolute atomic E-state index is 0.0207. The Morgan fingerprint density at radius 1 is 1.11 bits per heavy atom. The third kappa shape index (κ3) is 4.40. The van der Waals surface area contributed by atoms with Gasteiger partial charge in [-0.3, -0.25) is 9.59 Å². The van der Waals surface area contributed by atoms with Gasteiger partial charge < -0.3 is 15.0 Å². The van der Waals surface area contributed by atoms with Crippen LogP contribution in [0.4, 0.5) is 5.69 Å². The lowest BCUT2D eigenvalue weighted by atomic mass is 10.1. The van der Waals surface area contributed by atoms with Gasteiger partial charge in [-0.15, -0.1) is 10.2 Å². The zero-order valence-electron chi connectivity index (χ0n) is 15.5. The number of carbonyl (C=O) groups is 2. The van der Waals surface area contributed by atoms with Gasteiger partial charge in [-0.25, -0.2) is 0 Å². The number of benzene rings is 2. The largest absolute Gasteiger partial charge is 0.507 e. The minimum Gasteiger partial charge on any atom is -0.507 e. The second kappa shape index (κ2) is 8.71. The Balaban J connectivity index is 1.67. The molecular weight excluding hydrogens is 376 g/mol. The molecule has 1 aromatic heterocycles. The number of Topliss-reactive ketones (excluding diaryl/α,β-unsaturated/α-hetero) is 1. The minimum atomic E-state index is -0.185. The zero-order valence-corrected chi connectivity index (χ0v) is 16.4. The van der Waals surface area contributed by atoms with Gasteiger partial charge in [0.05, 0.1) is 11.3 Å². The van der Waals surface area contributed by atoms with Crippen molar-refractivity contribution in [1.29, 1.82) is 0 Å². The Labute approximate surface area is 166 Å². The quantitative estimate of drug-likeness (QED) is 0.468. The first-order valence-electron chi connectivity index (χ1n) is 8.74. The van der Waals surface area contributed by atoms with Crippen molar-refractivity contribution in [3.05, 3.63) is 54.1 Å². The van der Waals surface area contributed by atoms with E-state index in [2.05, 4.69) is 15.5 Å². The summed E-state index contributed by atoms with van der Waals surface area (Å²) >= 11 is 1.27. The summed E-state index contributed by atoms with van der Waals surface area (Å²) < 4.78 is 1.86. The monoisotopic (exact) mass is 396 g/mol. The van der Waals surface area contributed by atoms with Crippen molar-refractivity contribution >= 4 is 29.1 Å². The van der Waals surface area contributed by atoms with Gasteiger partial charge in [0.2, 0.25) is 5.91 Å². The van der Waals surface area contributed by atoms with Crippen LogP contribution in [0.25, 0.3) is 11.4 Å². The summed E-state index contributed by atoms with van der Waals surface area (Å²) in [7, 11) is 0. The molecule has 0 saturated heterocycles. The standard InChI is InChI=1S/C20H20N4O3S/c1-3-24-19(16-6-4-5-7-17(16)26)22-23-20(24)28-12-18(27)21-15-10-8-14(9-11-15)13(2)25/h4-11,26H,3,12H2,1-2H3,(H,21,27). The number of nitrogens with one attached hydrogen (secondary N) is 1. The Morgan fingerprint density at radius 3 is 2.46 bits per heavy atom. The van der Waals surface area contributed by atoms with E-state index in [1.165, 1.54) is 18.7 Å². The Hall–Kier alpha value is -3.13. The maximum absolute atomic E-state index is 12.2. The second-order valence-electron chi connectivity index (χ2n) is 6.04. The maximum Gasteiger partial charge on any atom is 0.234 e. The molecule has 0 unspecified atom stereocenters. The summed E-state index contributed by atoms with van der Waals surface area (Å²) in [6.07, 6.45) is 0. The van der Waals surface area contributed by atoms with Gasteiger partial charge in [-0.1, -0.05) is 23.9 Å². The SMILES string of the molecule is CCn1c(SCC(=O)Nc2ccc(C(C)=O)cc2)nnc1-c1ccccc1O. The van der Waals surface area contributed by atoms with Crippen molar-refractivity contribution in [2.24, 2.45) is 0 Å². The number of hydrogen-bond donors (Lipinski definition) is 2. The van der Waals surface area contributed by atoms with Crippen LogP contribution >= 0.6 is 11.8 Å². The summed E-state index contributed by atoms with van der Waals surface area (Å²) in [5, 5.41) is 21.8. The number of phenolic OH excluding ortho intramolecular Hbond substituents is 1. The van der Waals surface area contributed by atoms with Crippen LogP contribution in [0.1, 0.15) is 24.2 Å². The molecule has 0 radical (unpaired) electrons. The molecule has 0 spiro atoms. The number of hydrogen-bond acceptors (Lipinski definition) is 6. The van der Waals surface area contributed by atoms with Gasteiger partial charge in [0.1, 0.15) is 5.75 Å². The fourth-order valence-corrected chi connectivity index (χ4v) is 3.46. The van der Waals surface area contributed by atoms with Crippen LogP contribution in [-0.2, 0) is 11.3 Å². The summed E-state index contributed by atoms with van der Waals surface area (Å²) in [6.45, 7) is 4.05. The summed E-state index contributed by atoms with van der Waals surface area (Å²) in [5.41, 5.74) is 1.82. The highest BCUT2D eigenvalue weighted by atomic mass is 32.2. The topological polar surface area (TPSA) is 97.1 Å². The summed E-state index contributed by atoms with van der Waals surface area (Å²) in [6, 6.07) is 13.7. The molecule has 7 nitrogen and oxygen atoms in total. The van der Waals surface area contributed by atoms with E-state index in [9.17, 15) is 14.7 Å². The number of nitrogens with zero attached hydrogens (tertiary/aromatic N) is 3. The summed E-state index contributed by atoms with van der Waals surface area (Å²) in [5.74, 6) is 0.645. The molecule has 0 aliphatic heterocycles. The lowest BCUT2D eigenvalue weighted by Crippen LogP contribution is -2.14. The number of carbonyl (C=O) groups excluding carboxylic acids is 2. The number of rotatable bonds is 7. The fourth-order valence-electron chi connectivity index (χ4n) is 2.66. The molecular formula is C20H20N4O3S. The molecule has 0 bridgehead atoms. The molecule has 0 fully saturated rings. The van der Waals surface area contributed by atoms with Crippen molar-refractivity contribution in [2.45, 2.75) is 25.5 Å². The van der Waals surface area contributed by atoms with Crippen molar-refractivity contribution < 1.29 is 14.7 Å². The smallest absolute Gasteiger partial charge is 0.234 e. The summed E-state index contributed by atoms with van der Waals surface area (Å²) in [4.78, 5) is 23.5. The number of aromatic hydroxyl groups is 1. The first kappa shape index (κ1) is 19.6. The molecule has 1 heterocycles. The number of aromatic nitrogens is 3. The third-order valence-corrected chi connectivity index (χ3v) is 5.05. The van der Waals surface area contributed by atoms with Crippen LogP contribution in [0.15, 0.2) is 53.7 Å². The normalized spacial score (nSPS) is 10.6. The van der Waals surface area contributed by atoms with Crippen LogP contribution in [0.2, 0.25) is 0 Å². The zero-order chi connectivity index (χ0) is 20.1. The number of phenols is 1. The molecule has 2 N–H and O–H groups in total. The third-order valence-electron chi connectivity index (χ3n) is 4.09. The molecule has 3 rings (SSSR count). The highest BCUT2D eigenvalue weighted by molar-refractivity contribution is 7.99. The lowest BCUT2D eigenvalue weighted by molar-refractivity contribution is -0.113. The molecule has 3 aromatic rings. The predicted octanol–water partition coefficient (Wildman–Crippen LogP) is 3.60. The molecule has 0 aliphatic rings. The number of ketones is 1. The molecule has 8 heteroatoms. The molecule has 144 valence electrons. The van der Waals surface area contributed by atoms with Crippen molar-refractivity contribution in [3.8, 4) is 17.1 Å². The van der Waals surface area contributed by atoms with Crippen molar-refractivity contribution in [2.75, 3.05) is 11.1 Å². The highest BCUT2D eigenvalue weighted by Crippen LogP contribution is 2.30. The Morgan fingerprint density at radius 2 is 1.82 bits per heavy atom. The van der Waals surface area contributed by atoms with E-state index in [0.29, 0.717) is 34.3 Å². The van der Waals surface area contributed by atoms with Gasteiger partial charge >= 0.3 is 0 Å². The first-order valence-corrected chi connectivity index (χ1v) is 9.73. The van der Waals surface area contributed by atoms with Gasteiger partial charge in [-0.05, 0) is 50.2 Å². The molecule has 1 amide bonds. The average Bonchev–Trinajstić information content (AvgIpc) is 3.10. The Kier molecular flexibility index (Phi) is 6.10. The highest BCUT2D eigenvalue weighted by Gasteiger charge is 2.16.